The summed E-state index contributed by atoms with van der Waals surface area (Å²) in [5, 5.41) is 0. The smallest absolute Gasteiger partial charge is 0.160 e. The molecule has 1 aromatic rings. The van der Waals surface area contributed by atoms with Crippen LogP contribution in [0.2, 0.25) is 0 Å². The third-order valence-corrected chi connectivity index (χ3v) is 1.78. The number of aromatic nitrogens is 1. The van der Waals surface area contributed by atoms with Gasteiger partial charge < -0.3 is 5.73 Å². The molecule has 0 fully saturated rings. The number of nitrogens with one attached hydrogen (secondary N) is 1. The second kappa shape index (κ2) is 3.53. The molecule has 0 aliphatic heterocycles. The number of nitrogens with zero attached hydrogens (tertiary/aromatic N) is 1. The van der Waals surface area contributed by atoms with E-state index in [1.54, 1.807) is 12.3 Å². The van der Waals surface area contributed by atoms with Crippen molar-refractivity contribution in [2.24, 2.45) is 0 Å². The van der Waals surface area contributed by atoms with Gasteiger partial charge in [-0.25, -0.2) is 9.19 Å². The molecule has 0 amide bonds. The molecule has 0 spiro atoms. The Morgan fingerprint density at radius 2 is 2.33 bits per heavy atom. The summed E-state index contributed by atoms with van der Waals surface area (Å²) in [6, 6.07) is 1.78. The molecule has 4 nitrogen and oxygen atoms in total. The molecule has 0 saturated heterocycles. The van der Waals surface area contributed by atoms with Crippen molar-refractivity contribution >= 4 is 22.5 Å². The first-order valence-corrected chi connectivity index (χ1v) is 4.97. The van der Waals surface area contributed by atoms with E-state index in [0.29, 0.717) is 11.5 Å². The number of hydrogen-bond acceptors (Lipinski definition) is 3. The second-order valence-electron chi connectivity index (χ2n) is 2.51. The van der Waals surface area contributed by atoms with Crippen LogP contribution in [-0.2, 0) is 11.0 Å². The monoisotopic (exact) mass is 185 g/mol. The van der Waals surface area contributed by atoms with Gasteiger partial charge in [-0.2, -0.15) is 0 Å². The van der Waals surface area contributed by atoms with Gasteiger partial charge in [0.1, 0.15) is 11.0 Å². The van der Waals surface area contributed by atoms with E-state index >= 15 is 0 Å². The summed E-state index contributed by atoms with van der Waals surface area (Å²) in [6.07, 6.45) is 3.20. The largest absolute Gasteiger partial charge is 0.396 e. The van der Waals surface area contributed by atoms with Gasteiger partial charge in [-0.05, 0) is 18.6 Å². The summed E-state index contributed by atoms with van der Waals surface area (Å²) in [5.74, 6) is 0.474. The Morgan fingerprint density at radius 1 is 1.67 bits per heavy atom. The standard InChI is InChI=1S/C7H11N3OS/c1-5-3-6(8)7(9-4-5)10-12(2)11/h3-4H,8H2,1-2H3,(H,9,10). The summed E-state index contributed by atoms with van der Waals surface area (Å²) in [7, 11) is -1.13. The maximum Gasteiger partial charge on any atom is 0.160 e. The van der Waals surface area contributed by atoms with E-state index in [1.807, 2.05) is 6.92 Å². The van der Waals surface area contributed by atoms with Gasteiger partial charge in [0.2, 0.25) is 0 Å². The normalized spacial score (nSPS) is 12.5. The Balaban J connectivity index is 2.93. The van der Waals surface area contributed by atoms with Crippen LogP contribution in [0.3, 0.4) is 0 Å². The third-order valence-electron chi connectivity index (χ3n) is 1.29. The lowest BCUT2D eigenvalue weighted by Gasteiger charge is -2.04. The van der Waals surface area contributed by atoms with Gasteiger partial charge in [-0.1, -0.05) is 0 Å². The topological polar surface area (TPSA) is 68.0 Å². The van der Waals surface area contributed by atoms with Crippen LogP contribution in [0.4, 0.5) is 11.5 Å². The summed E-state index contributed by atoms with van der Waals surface area (Å²) < 4.78 is 13.4. The van der Waals surface area contributed by atoms with Crippen LogP contribution in [0.15, 0.2) is 12.3 Å². The van der Waals surface area contributed by atoms with E-state index < -0.39 is 11.0 Å². The Morgan fingerprint density at radius 3 is 2.83 bits per heavy atom. The van der Waals surface area contributed by atoms with Crippen LogP contribution in [0.25, 0.3) is 0 Å². The predicted molar refractivity (Wildman–Crippen MR) is 51.1 cm³/mol. The molecule has 1 atom stereocenters. The van der Waals surface area contributed by atoms with Crippen LogP contribution in [0.5, 0.6) is 0 Å². The lowest BCUT2D eigenvalue weighted by Crippen LogP contribution is -2.06. The number of anilines is 2. The van der Waals surface area contributed by atoms with E-state index in [2.05, 4.69) is 9.71 Å². The van der Waals surface area contributed by atoms with Crippen molar-refractivity contribution in [1.82, 2.24) is 4.98 Å². The fourth-order valence-electron chi connectivity index (χ4n) is 0.813. The fraction of sp³-hybridized carbons (Fsp3) is 0.286. The van der Waals surface area contributed by atoms with Gasteiger partial charge in [0.15, 0.2) is 5.82 Å². The molecule has 0 saturated carbocycles. The summed E-state index contributed by atoms with van der Waals surface area (Å²) >= 11 is 0. The second-order valence-corrected chi connectivity index (χ2v) is 3.62. The van der Waals surface area contributed by atoms with Crippen LogP contribution in [-0.4, -0.2) is 15.4 Å². The number of rotatable bonds is 2. The molecule has 5 heteroatoms. The maximum absolute atomic E-state index is 10.8. The zero-order valence-corrected chi connectivity index (χ0v) is 7.81. The average molecular weight is 185 g/mol. The highest BCUT2D eigenvalue weighted by atomic mass is 32.2. The van der Waals surface area contributed by atoms with Crippen molar-refractivity contribution in [1.29, 1.82) is 0 Å². The molecule has 0 aromatic carbocycles. The third kappa shape index (κ3) is 2.20. The number of hydrogen-bond donors (Lipinski definition) is 2. The Labute approximate surface area is 73.8 Å². The molecule has 1 rings (SSSR count). The summed E-state index contributed by atoms with van der Waals surface area (Å²) in [4.78, 5) is 3.99. The number of pyridine rings is 1. The zero-order valence-electron chi connectivity index (χ0n) is 7.00. The molecule has 1 unspecified atom stereocenters. The molecule has 0 aliphatic carbocycles. The Bertz CT molecular complexity index is 314. The Kier molecular flexibility index (Phi) is 2.65. The van der Waals surface area contributed by atoms with Gasteiger partial charge >= 0.3 is 0 Å². The first-order valence-electron chi connectivity index (χ1n) is 3.42. The van der Waals surface area contributed by atoms with Gasteiger partial charge in [0.05, 0.1) is 5.69 Å². The van der Waals surface area contributed by atoms with E-state index in [9.17, 15) is 4.21 Å². The molecule has 0 bridgehead atoms. The molecular formula is C7H11N3OS. The van der Waals surface area contributed by atoms with E-state index in [4.69, 9.17) is 5.73 Å². The van der Waals surface area contributed by atoms with Crippen molar-refractivity contribution in [3.63, 3.8) is 0 Å². The average Bonchev–Trinajstić information content (AvgIpc) is 1.94. The van der Waals surface area contributed by atoms with Gasteiger partial charge in [-0.3, -0.25) is 4.72 Å². The highest BCUT2D eigenvalue weighted by molar-refractivity contribution is 7.85. The fourth-order valence-corrected chi connectivity index (χ4v) is 1.26. The lowest BCUT2D eigenvalue weighted by molar-refractivity contribution is 0.689. The number of nitrogen functional groups attached to an aromatic ring is 1. The molecule has 66 valence electrons. The highest BCUT2D eigenvalue weighted by Crippen LogP contribution is 2.15. The Hall–Kier alpha value is -1.10. The predicted octanol–water partition coefficient (Wildman–Crippen LogP) is 0.678. The molecular weight excluding hydrogens is 174 g/mol. The van der Waals surface area contributed by atoms with Crippen molar-refractivity contribution in [3.05, 3.63) is 17.8 Å². The van der Waals surface area contributed by atoms with E-state index in [0.717, 1.165) is 5.56 Å². The molecule has 0 aliphatic rings. The van der Waals surface area contributed by atoms with E-state index in [-0.39, 0.29) is 0 Å². The minimum absolute atomic E-state index is 0.474. The van der Waals surface area contributed by atoms with E-state index in [1.165, 1.54) is 6.26 Å². The van der Waals surface area contributed by atoms with Crippen molar-refractivity contribution in [2.45, 2.75) is 6.92 Å². The van der Waals surface area contributed by atoms with Crippen LogP contribution < -0.4 is 10.5 Å². The quantitative estimate of drug-likeness (QED) is 0.711. The maximum atomic E-state index is 10.8. The van der Waals surface area contributed by atoms with Crippen molar-refractivity contribution < 1.29 is 4.21 Å². The minimum Gasteiger partial charge on any atom is -0.396 e. The molecule has 1 aromatic heterocycles. The molecule has 0 radical (unpaired) electrons. The molecule has 12 heavy (non-hydrogen) atoms. The minimum atomic E-state index is -1.13. The SMILES string of the molecule is Cc1cnc(NS(C)=O)c(N)c1. The van der Waals surface area contributed by atoms with Gasteiger partial charge in [0, 0.05) is 12.5 Å². The van der Waals surface area contributed by atoms with Crippen molar-refractivity contribution in [3.8, 4) is 0 Å². The molecule has 1 heterocycles. The highest BCUT2D eigenvalue weighted by Gasteiger charge is 2.00. The first kappa shape index (κ1) is 8.99. The number of nitrogens with two attached hydrogens (primary N) is 1. The number of aryl methyl sites for hydroxylation is 1. The molecule has 3 N–H and O–H groups in total. The van der Waals surface area contributed by atoms with Crippen LogP contribution in [0.1, 0.15) is 5.56 Å². The van der Waals surface area contributed by atoms with Crippen LogP contribution >= 0.6 is 0 Å². The van der Waals surface area contributed by atoms with Gasteiger partial charge in [-0.15, -0.1) is 0 Å². The lowest BCUT2D eigenvalue weighted by atomic mass is 10.3. The summed E-state index contributed by atoms with van der Waals surface area (Å²) in [5.41, 5.74) is 7.11. The van der Waals surface area contributed by atoms with Gasteiger partial charge in [0.25, 0.3) is 0 Å². The first-order chi connectivity index (χ1) is 5.59. The van der Waals surface area contributed by atoms with Crippen LogP contribution in [0, 0.1) is 6.92 Å². The van der Waals surface area contributed by atoms with Crippen molar-refractivity contribution in [2.75, 3.05) is 16.7 Å². The summed E-state index contributed by atoms with van der Waals surface area (Å²) in [6.45, 7) is 1.90. The zero-order chi connectivity index (χ0) is 9.14.